The molecule has 4 nitrogen and oxygen atoms in total. The Balaban J connectivity index is 0.00000180. The third-order valence-corrected chi connectivity index (χ3v) is 4.68. The molecule has 1 aliphatic heterocycles. The van der Waals surface area contributed by atoms with Crippen LogP contribution in [0.25, 0.3) is 0 Å². The van der Waals surface area contributed by atoms with E-state index in [1.807, 2.05) is 7.05 Å². The molecular formula is C14H29IN4. The number of guanidine groups is 1. The Hall–Kier alpha value is -0.0400. The second-order valence-electron chi connectivity index (χ2n) is 5.92. The van der Waals surface area contributed by atoms with Gasteiger partial charge in [-0.1, -0.05) is 12.8 Å². The molecule has 0 atom stereocenters. The highest BCUT2D eigenvalue weighted by molar-refractivity contribution is 14.0. The van der Waals surface area contributed by atoms with Gasteiger partial charge in [-0.2, -0.15) is 0 Å². The van der Waals surface area contributed by atoms with E-state index < -0.39 is 0 Å². The van der Waals surface area contributed by atoms with Crippen molar-refractivity contribution in [3.05, 3.63) is 0 Å². The Labute approximate surface area is 135 Å². The fourth-order valence-electron chi connectivity index (χ4n) is 3.32. The molecule has 1 aliphatic carbocycles. The highest BCUT2D eigenvalue weighted by Crippen LogP contribution is 2.33. The van der Waals surface area contributed by atoms with Crippen LogP contribution in [0.1, 0.15) is 38.5 Å². The second-order valence-corrected chi connectivity index (χ2v) is 5.92. The Morgan fingerprint density at radius 1 is 1.16 bits per heavy atom. The summed E-state index contributed by atoms with van der Waals surface area (Å²) < 4.78 is 0. The number of likely N-dealkylation sites (tertiary alicyclic amines) is 1. The Morgan fingerprint density at radius 2 is 1.74 bits per heavy atom. The minimum atomic E-state index is 0. The summed E-state index contributed by atoms with van der Waals surface area (Å²) in [5, 5.41) is 3.61. The molecule has 0 unspecified atom stereocenters. The summed E-state index contributed by atoms with van der Waals surface area (Å²) in [5.74, 6) is 1.10. The summed E-state index contributed by atoms with van der Waals surface area (Å²) in [7, 11) is 6.33. The summed E-state index contributed by atoms with van der Waals surface area (Å²) in [6.07, 6.45) is 7.96. The first-order valence-electron chi connectivity index (χ1n) is 7.31. The maximum absolute atomic E-state index is 4.43. The third-order valence-electron chi connectivity index (χ3n) is 4.68. The van der Waals surface area contributed by atoms with Crippen molar-refractivity contribution in [2.75, 3.05) is 40.8 Å². The molecule has 1 N–H and O–H groups in total. The van der Waals surface area contributed by atoms with Crippen LogP contribution >= 0.6 is 24.0 Å². The van der Waals surface area contributed by atoms with Gasteiger partial charge in [-0.15, -0.1) is 24.0 Å². The number of likely N-dealkylation sites (N-methyl/N-ethyl adjacent to an activating group) is 1. The molecule has 112 valence electrons. The average molecular weight is 380 g/mol. The molecule has 2 fully saturated rings. The Bertz CT molecular complexity index is 292. The van der Waals surface area contributed by atoms with Crippen LogP contribution < -0.4 is 5.32 Å². The van der Waals surface area contributed by atoms with E-state index in [4.69, 9.17) is 0 Å². The largest absolute Gasteiger partial charge is 0.354 e. The highest BCUT2D eigenvalue weighted by Gasteiger charge is 2.36. The maximum Gasteiger partial charge on any atom is 0.193 e. The second kappa shape index (κ2) is 7.67. The van der Waals surface area contributed by atoms with Gasteiger partial charge in [-0.05, 0) is 39.8 Å². The fourth-order valence-corrected chi connectivity index (χ4v) is 3.32. The lowest BCUT2D eigenvalue weighted by molar-refractivity contribution is 0.159. The predicted octanol–water partition coefficient (Wildman–Crippen LogP) is 2.15. The minimum absolute atomic E-state index is 0. The van der Waals surface area contributed by atoms with E-state index in [-0.39, 0.29) is 24.0 Å². The number of halogens is 1. The molecule has 1 heterocycles. The minimum Gasteiger partial charge on any atom is -0.354 e. The molecule has 0 aromatic carbocycles. The van der Waals surface area contributed by atoms with Crippen molar-refractivity contribution in [3.8, 4) is 0 Å². The van der Waals surface area contributed by atoms with Gasteiger partial charge in [0.2, 0.25) is 0 Å². The van der Waals surface area contributed by atoms with Gasteiger partial charge in [-0.25, -0.2) is 0 Å². The zero-order valence-electron chi connectivity index (χ0n) is 12.6. The smallest absolute Gasteiger partial charge is 0.193 e. The van der Waals surface area contributed by atoms with Crippen LogP contribution in [0.4, 0.5) is 0 Å². The first-order valence-corrected chi connectivity index (χ1v) is 7.31. The highest BCUT2D eigenvalue weighted by atomic mass is 127. The average Bonchev–Trinajstić information content (AvgIpc) is 3.00. The quantitative estimate of drug-likeness (QED) is 0.463. The summed E-state index contributed by atoms with van der Waals surface area (Å²) in [6.45, 7) is 3.35. The number of rotatable bonds is 3. The molecule has 2 aliphatic rings. The standard InChI is InChI=1S/C14H28N4.HI/c1-15-13(18-10-6-7-11-18)16-12-14(17(2)3)8-4-5-9-14;/h4-12H2,1-3H3,(H,15,16);1H. The number of aliphatic imine (C=N–C) groups is 1. The van der Waals surface area contributed by atoms with E-state index in [1.54, 1.807) is 0 Å². The summed E-state index contributed by atoms with van der Waals surface area (Å²) in [5.41, 5.74) is 0.343. The SMILES string of the molecule is CN=C(NCC1(N(C)C)CCCC1)N1CCCC1.I. The van der Waals surface area contributed by atoms with Crippen molar-refractivity contribution >= 4 is 29.9 Å². The molecule has 1 saturated heterocycles. The van der Waals surface area contributed by atoms with Crippen LogP contribution in [0.2, 0.25) is 0 Å². The van der Waals surface area contributed by atoms with Gasteiger partial charge in [0.25, 0.3) is 0 Å². The van der Waals surface area contributed by atoms with Crippen LogP contribution in [0.15, 0.2) is 4.99 Å². The zero-order chi connectivity index (χ0) is 13.0. The van der Waals surface area contributed by atoms with E-state index in [2.05, 4.69) is 34.2 Å². The Morgan fingerprint density at radius 3 is 2.21 bits per heavy atom. The van der Waals surface area contributed by atoms with Crippen molar-refractivity contribution < 1.29 is 0 Å². The van der Waals surface area contributed by atoms with E-state index in [0.717, 1.165) is 25.6 Å². The summed E-state index contributed by atoms with van der Waals surface area (Å²) in [6, 6.07) is 0. The molecule has 1 saturated carbocycles. The monoisotopic (exact) mass is 380 g/mol. The number of nitrogens with zero attached hydrogens (tertiary/aromatic N) is 3. The van der Waals surface area contributed by atoms with Gasteiger partial charge >= 0.3 is 0 Å². The van der Waals surface area contributed by atoms with Crippen LogP contribution in [-0.2, 0) is 0 Å². The topological polar surface area (TPSA) is 30.9 Å². The van der Waals surface area contributed by atoms with Crippen molar-refractivity contribution in [1.82, 2.24) is 15.1 Å². The molecular weight excluding hydrogens is 351 g/mol. The van der Waals surface area contributed by atoms with Gasteiger partial charge in [-0.3, -0.25) is 4.99 Å². The van der Waals surface area contributed by atoms with Crippen LogP contribution in [0.3, 0.4) is 0 Å². The number of hydrogen-bond acceptors (Lipinski definition) is 2. The molecule has 0 spiro atoms. The normalized spacial score (nSPS) is 22.7. The predicted molar refractivity (Wildman–Crippen MR) is 92.5 cm³/mol. The van der Waals surface area contributed by atoms with E-state index in [9.17, 15) is 0 Å². The van der Waals surface area contributed by atoms with Gasteiger partial charge in [0.05, 0.1) is 0 Å². The van der Waals surface area contributed by atoms with Gasteiger partial charge in [0.15, 0.2) is 5.96 Å². The lowest BCUT2D eigenvalue weighted by Gasteiger charge is -2.37. The van der Waals surface area contributed by atoms with Crippen molar-refractivity contribution in [3.63, 3.8) is 0 Å². The molecule has 0 bridgehead atoms. The molecule has 2 rings (SSSR count). The van der Waals surface area contributed by atoms with E-state index in [1.165, 1.54) is 38.5 Å². The third kappa shape index (κ3) is 3.97. The van der Waals surface area contributed by atoms with Gasteiger partial charge in [0.1, 0.15) is 0 Å². The van der Waals surface area contributed by atoms with E-state index >= 15 is 0 Å². The fraction of sp³-hybridized carbons (Fsp3) is 0.929. The van der Waals surface area contributed by atoms with Gasteiger partial charge < -0.3 is 15.1 Å². The molecule has 19 heavy (non-hydrogen) atoms. The first-order chi connectivity index (χ1) is 8.68. The summed E-state index contributed by atoms with van der Waals surface area (Å²) >= 11 is 0. The van der Waals surface area contributed by atoms with Crippen LogP contribution in [-0.4, -0.2) is 62.1 Å². The van der Waals surface area contributed by atoms with Crippen molar-refractivity contribution in [2.24, 2.45) is 4.99 Å². The van der Waals surface area contributed by atoms with Crippen molar-refractivity contribution in [1.29, 1.82) is 0 Å². The maximum atomic E-state index is 4.43. The zero-order valence-corrected chi connectivity index (χ0v) is 14.9. The Kier molecular flexibility index (Phi) is 6.86. The van der Waals surface area contributed by atoms with Crippen LogP contribution in [0.5, 0.6) is 0 Å². The first kappa shape index (κ1) is 17.0. The lowest BCUT2D eigenvalue weighted by atomic mass is 9.96. The molecule has 0 aromatic heterocycles. The molecule has 5 heteroatoms. The molecule has 0 aromatic rings. The van der Waals surface area contributed by atoms with Crippen molar-refractivity contribution in [2.45, 2.75) is 44.1 Å². The molecule has 0 radical (unpaired) electrons. The molecule has 0 amide bonds. The van der Waals surface area contributed by atoms with Gasteiger partial charge in [0, 0.05) is 32.2 Å². The number of nitrogens with one attached hydrogen (secondary N) is 1. The number of hydrogen-bond donors (Lipinski definition) is 1. The lowest BCUT2D eigenvalue weighted by Crippen LogP contribution is -2.53. The summed E-state index contributed by atoms with van der Waals surface area (Å²) in [4.78, 5) is 9.23. The van der Waals surface area contributed by atoms with Crippen LogP contribution in [0, 0.1) is 0 Å². The van der Waals surface area contributed by atoms with E-state index in [0.29, 0.717) is 5.54 Å².